The molecule has 96 valence electrons. The van der Waals surface area contributed by atoms with Crippen molar-refractivity contribution in [1.29, 1.82) is 0 Å². The van der Waals surface area contributed by atoms with Crippen LogP contribution in [-0.4, -0.2) is 9.38 Å². The molecular weight excluding hydrogens is 238 g/mol. The average molecular weight is 253 g/mol. The van der Waals surface area contributed by atoms with Crippen LogP contribution in [0, 0.1) is 6.92 Å². The Bertz CT molecular complexity index is 701. The summed E-state index contributed by atoms with van der Waals surface area (Å²) in [7, 11) is 0. The molecule has 0 aliphatic heterocycles. The summed E-state index contributed by atoms with van der Waals surface area (Å²) in [6.45, 7) is 2.47. The first kappa shape index (κ1) is 11.6. The second kappa shape index (κ2) is 4.65. The van der Waals surface area contributed by atoms with Crippen LogP contribution in [0.15, 0.2) is 48.8 Å². The maximum atomic E-state index is 5.83. The maximum absolute atomic E-state index is 5.83. The highest BCUT2D eigenvalue weighted by Crippen LogP contribution is 2.20. The summed E-state index contributed by atoms with van der Waals surface area (Å²) in [5.74, 6) is 0.785. The Morgan fingerprint density at radius 1 is 1.21 bits per heavy atom. The van der Waals surface area contributed by atoms with E-state index >= 15 is 0 Å². The second-order valence-corrected chi connectivity index (χ2v) is 4.52. The van der Waals surface area contributed by atoms with Crippen LogP contribution in [-0.2, 0) is 6.61 Å². The van der Waals surface area contributed by atoms with Crippen LogP contribution in [0.5, 0.6) is 5.75 Å². The molecule has 3 aromatic rings. The predicted molar refractivity (Wildman–Crippen MR) is 75.1 cm³/mol. The van der Waals surface area contributed by atoms with E-state index in [9.17, 15) is 0 Å². The zero-order valence-electron chi connectivity index (χ0n) is 10.7. The molecular formula is C15H15N3O. The highest BCUT2D eigenvalue weighted by atomic mass is 16.5. The fourth-order valence-electron chi connectivity index (χ4n) is 2.00. The van der Waals surface area contributed by atoms with Crippen molar-refractivity contribution >= 4 is 11.3 Å². The van der Waals surface area contributed by atoms with Crippen molar-refractivity contribution in [2.24, 2.45) is 0 Å². The lowest BCUT2D eigenvalue weighted by molar-refractivity contribution is 0.308. The highest BCUT2D eigenvalue weighted by molar-refractivity contribution is 5.54. The first-order valence-electron chi connectivity index (χ1n) is 6.14. The predicted octanol–water partition coefficient (Wildman–Crippen LogP) is 2.80. The van der Waals surface area contributed by atoms with E-state index < -0.39 is 0 Å². The van der Waals surface area contributed by atoms with Crippen LogP contribution in [0.4, 0.5) is 5.69 Å². The Labute approximate surface area is 111 Å². The summed E-state index contributed by atoms with van der Waals surface area (Å²) >= 11 is 0. The molecule has 2 heterocycles. The highest BCUT2D eigenvalue weighted by Gasteiger charge is 2.05. The van der Waals surface area contributed by atoms with E-state index in [-0.39, 0.29) is 0 Å². The van der Waals surface area contributed by atoms with Crippen molar-refractivity contribution in [2.45, 2.75) is 13.5 Å². The molecule has 0 spiro atoms. The number of nitrogens with zero attached hydrogens (tertiary/aromatic N) is 2. The minimum Gasteiger partial charge on any atom is -0.485 e. The largest absolute Gasteiger partial charge is 0.485 e. The molecule has 0 saturated heterocycles. The second-order valence-electron chi connectivity index (χ2n) is 4.52. The Balaban J connectivity index is 1.83. The van der Waals surface area contributed by atoms with Crippen molar-refractivity contribution in [1.82, 2.24) is 9.38 Å². The van der Waals surface area contributed by atoms with E-state index in [1.807, 2.05) is 60.1 Å². The molecule has 4 nitrogen and oxygen atoms in total. The van der Waals surface area contributed by atoms with Gasteiger partial charge in [0.1, 0.15) is 6.61 Å². The van der Waals surface area contributed by atoms with Crippen LogP contribution in [0.3, 0.4) is 0 Å². The zero-order valence-corrected chi connectivity index (χ0v) is 10.7. The van der Waals surface area contributed by atoms with Crippen molar-refractivity contribution < 1.29 is 4.74 Å². The molecule has 2 N–H and O–H groups in total. The molecule has 0 saturated carbocycles. The summed E-state index contributed by atoms with van der Waals surface area (Å²) in [4.78, 5) is 4.46. The summed E-state index contributed by atoms with van der Waals surface area (Å²) < 4.78 is 7.80. The number of aryl methyl sites for hydroxylation is 1. The van der Waals surface area contributed by atoms with Crippen molar-refractivity contribution in [3.63, 3.8) is 0 Å². The normalized spacial score (nSPS) is 10.8. The zero-order chi connectivity index (χ0) is 13.2. The van der Waals surface area contributed by atoms with Crippen molar-refractivity contribution in [3.8, 4) is 5.75 Å². The molecule has 2 aromatic heterocycles. The van der Waals surface area contributed by atoms with Crippen molar-refractivity contribution in [3.05, 3.63) is 60.0 Å². The molecule has 0 radical (unpaired) electrons. The average Bonchev–Trinajstić information content (AvgIpc) is 2.79. The fraction of sp³-hybridized carbons (Fsp3) is 0.133. The molecule has 0 aliphatic carbocycles. The summed E-state index contributed by atoms with van der Waals surface area (Å²) in [5.41, 5.74) is 9.32. The van der Waals surface area contributed by atoms with Crippen LogP contribution >= 0.6 is 0 Å². The van der Waals surface area contributed by atoms with E-state index in [0.29, 0.717) is 6.61 Å². The number of aromatic nitrogens is 2. The van der Waals surface area contributed by atoms with E-state index in [1.54, 1.807) is 0 Å². The lowest BCUT2D eigenvalue weighted by atomic mass is 10.2. The molecule has 0 bridgehead atoms. The van der Waals surface area contributed by atoms with Gasteiger partial charge >= 0.3 is 0 Å². The topological polar surface area (TPSA) is 52.5 Å². The number of hydrogen-bond acceptors (Lipinski definition) is 3. The van der Waals surface area contributed by atoms with Gasteiger partial charge in [-0.2, -0.15) is 0 Å². The van der Waals surface area contributed by atoms with Gasteiger partial charge in [0.2, 0.25) is 0 Å². The lowest BCUT2D eigenvalue weighted by Gasteiger charge is -2.07. The molecule has 0 fully saturated rings. The number of nitrogens with two attached hydrogens (primary N) is 1. The fourth-order valence-corrected chi connectivity index (χ4v) is 2.00. The number of pyridine rings is 1. The van der Waals surface area contributed by atoms with Crippen molar-refractivity contribution in [2.75, 3.05) is 5.73 Å². The van der Waals surface area contributed by atoms with Gasteiger partial charge in [-0.1, -0.05) is 12.1 Å². The first-order chi connectivity index (χ1) is 9.22. The number of benzene rings is 1. The van der Waals surface area contributed by atoms with Gasteiger partial charge in [0.15, 0.2) is 11.4 Å². The van der Waals surface area contributed by atoms with Gasteiger partial charge in [0.25, 0.3) is 0 Å². The monoisotopic (exact) mass is 253 g/mol. The molecule has 0 aliphatic rings. The Kier molecular flexibility index (Phi) is 2.83. The molecule has 4 heteroatoms. The number of anilines is 1. The van der Waals surface area contributed by atoms with E-state index in [0.717, 1.165) is 28.3 Å². The Morgan fingerprint density at radius 2 is 2.00 bits per heavy atom. The lowest BCUT2D eigenvalue weighted by Crippen LogP contribution is -1.98. The molecule has 1 aromatic carbocycles. The quantitative estimate of drug-likeness (QED) is 0.730. The molecule has 0 unspecified atom stereocenters. The van der Waals surface area contributed by atoms with Gasteiger partial charge in [-0.05, 0) is 36.8 Å². The summed E-state index contributed by atoms with van der Waals surface area (Å²) in [6.07, 6.45) is 3.94. The minimum atomic E-state index is 0.506. The number of nitrogen functional groups attached to an aromatic ring is 1. The van der Waals surface area contributed by atoms with Gasteiger partial charge in [-0.25, -0.2) is 4.98 Å². The van der Waals surface area contributed by atoms with E-state index in [2.05, 4.69) is 4.98 Å². The van der Waals surface area contributed by atoms with Gasteiger partial charge in [0.05, 0.1) is 5.69 Å². The van der Waals surface area contributed by atoms with Gasteiger partial charge in [-0.3, -0.25) is 0 Å². The standard InChI is InChI=1S/C15H15N3O/c1-11-9-18-8-2-3-14(15(18)17-11)19-10-12-4-6-13(16)7-5-12/h2-9H,10,16H2,1H3. The number of rotatable bonds is 3. The summed E-state index contributed by atoms with van der Waals surface area (Å²) in [6, 6.07) is 11.6. The molecule has 19 heavy (non-hydrogen) atoms. The molecule has 3 rings (SSSR count). The first-order valence-corrected chi connectivity index (χ1v) is 6.14. The van der Waals surface area contributed by atoms with Gasteiger partial charge in [-0.15, -0.1) is 0 Å². The summed E-state index contributed by atoms with van der Waals surface area (Å²) in [5, 5.41) is 0. The number of imidazole rings is 1. The molecule has 0 amide bonds. The third-order valence-corrected chi connectivity index (χ3v) is 2.94. The molecule has 0 atom stereocenters. The maximum Gasteiger partial charge on any atom is 0.179 e. The third kappa shape index (κ3) is 2.38. The number of ether oxygens (including phenoxy) is 1. The third-order valence-electron chi connectivity index (χ3n) is 2.94. The van der Waals surface area contributed by atoms with Gasteiger partial charge in [0, 0.05) is 18.1 Å². The number of fused-ring (bicyclic) bond motifs is 1. The smallest absolute Gasteiger partial charge is 0.179 e. The van der Waals surface area contributed by atoms with Crippen LogP contribution in [0.2, 0.25) is 0 Å². The van der Waals surface area contributed by atoms with E-state index in [1.165, 1.54) is 0 Å². The Hall–Kier alpha value is -2.49. The van der Waals surface area contributed by atoms with Crippen LogP contribution in [0.1, 0.15) is 11.3 Å². The Morgan fingerprint density at radius 3 is 2.79 bits per heavy atom. The van der Waals surface area contributed by atoms with E-state index in [4.69, 9.17) is 10.5 Å². The van der Waals surface area contributed by atoms with Crippen LogP contribution < -0.4 is 10.5 Å². The van der Waals surface area contributed by atoms with Gasteiger partial charge < -0.3 is 14.9 Å². The SMILES string of the molecule is Cc1cn2cccc(OCc3ccc(N)cc3)c2n1. The number of hydrogen-bond donors (Lipinski definition) is 1. The minimum absolute atomic E-state index is 0.506. The van der Waals surface area contributed by atoms with Crippen LogP contribution in [0.25, 0.3) is 5.65 Å².